The number of ether oxygens (including phenoxy) is 1. The fourth-order valence-corrected chi connectivity index (χ4v) is 4.52. The number of nitrogens with zero attached hydrogens (tertiary/aromatic N) is 2. The Hall–Kier alpha value is -2.54. The average molecular weight is 429 g/mol. The van der Waals surface area contributed by atoms with Gasteiger partial charge in [0.05, 0.1) is 7.11 Å². The van der Waals surface area contributed by atoms with E-state index >= 15 is 0 Å². The molecule has 2 aromatic rings. The lowest BCUT2D eigenvalue weighted by molar-refractivity contribution is -0.131. The second-order valence-electron chi connectivity index (χ2n) is 7.57. The van der Waals surface area contributed by atoms with Crippen LogP contribution in [0.5, 0.6) is 5.75 Å². The van der Waals surface area contributed by atoms with Crippen LogP contribution in [0.4, 0.5) is 0 Å². The lowest BCUT2D eigenvalue weighted by Gasteiger charge is -2.27. The van der Waals surface area contributed by atoms with E-state index in [-0.39, 0.29) is 5.91 Å². The lowest BCUT2D eigenvalue weighted by Crippen LogP contribution is -2.41. The maximum Gasteiger partial charge on any atom is 0.224 e. The maximum atomic E-state index is 12.5. The Bertz CT molecular complexity index is 847. The zero-order chi connectivity index (χ0) is 21.3. The molecule has 1 aliphatic heterocycles. The van der Waals surface area contributed by atoms with Gasteiger partial charge in [-0.25, -0.2) is 0 Å². The van der Waals surface area contributed by atoms with Crippen LogP contribution in [-0.2, 0) is 17.8 Å². The highest BCUT2D eigenvalue weighted by Gasteiger charge is 2.21. The molecular weight excluding hydrogens is 396 g/mol. The Morgan fingerprint density at radius 2 is 2.00 bits per heavy atom. The number of hydrogen-bond acceptors (Lipinski definition) is 4. The van der Waals surface area contributed by atoms with E-state index in [1.165, 1.54) is 16.0 Å². The largest absolute Gasteiger partial charge is 0.497 e. The first-order valence-corrected chi connectivity index (χ1v) is 11.4. The number of methoxy groups -OCH3 is 1. The second kappa shape index (κ2) is 11.0. The summed E-state index contributed by atoms with van der Waals surface area (Å²) in [6.07, 6.45) is 2.44. The molecule has 3 rings (SSSR count). The molecule has 6 nitrogen and oxygen atoms in total. The van der Waals surface area contributed by atoms with Gasteiger partial charge in [0, 0.05) is 44.5 Å². The third-order valence-corrected chi connectivity index (χ3v) is 6.59. The first-order valence-electron chi connectivity index (χ1n) is 10.5. The summed E-state index contributed by atoms with van der Waals surface area (Å²) in [5.74, 6) is 2.25. The molecule has 7 heteroatoms. The Labute approximate surface area is 183 Å². The molecule has 0 bridgehead atoms. The number of fused-ring (bicyclic) bond motifs is 1. The third-order valence-electron chi connectivity index (χ3n) is 5.57. The Morgan fingerprint density at radius 3 is 2.73 bits per heavy atom. The highest BCUT2D eigenvalue weighted by atomic mass is 32.1. The number of nitrogens with one attached hydrogen (secondary N) is 2. The third kappa shape index (κ3) is 5.98. The van der Waals surface area contributed by atoms with E-state index in [2.05, 4.69) is 46.1 Å². The molecule has 1 amide bonds. The highest BCUT2D eigenvalue weighted by Crippen LogP contribution is 2.24. The second-order valence-corrected chi connectivity index (χ2v) is 8.57. The van der Waals surface area contributed by atoms with E-state index in [1.807, 2.05) is 17.0 Å². The summed E-state index contributed by atoms with van der Waals surface area (Å²) in [7, 11) is 3.44. The van der Waals surface area contributed by atoms with Gasteiger partial charge in [-0.15, -0.1) is 11.3 Å². The Kier molecular flexibility index (Phi) is 8.13. The number of amides is 1. The average Bonchev–Trinajstić information content (AvgIpc) is 3.25. The van der Waals surface area contributed by atoms with Crippen molar-refractivity contribution < 1.29 is 9.53 Å². The molecule has 30 heavy (non-hydrogen) atoms. The van der Waals surface area contributed by atoms with Crippen LogP contribution in [0.3, 0.4) is 0 Å². The molecule has 0 saturated carbocycles. The molecule has 1 aliphatic rings. The molecule has 1 atom stereocenters. The molecule has 1 aromatic carbocycles. The summed E-state index contributed by atoms with van der Waals surface area (Å²) in [5.41, 5.74) is 2.59. The van der Waals surface area contributed by atoms with Crippen LogP contribution in [0.15, 0.2) is 40.7 Å². The molecule has 0 fully saturated rings. The summed E-state index contributed by atoms with van der Waals surface area (Å²) in [4.78, 5) is 20.2. The molecule has 1 unspecified atom stereocenters. The fourth-order valence-electron chi connectivity index (χ4n) is 3.63. The first-order chi connectivity index (χ1) is 14.6. The van der Waals surface area contributed by atoms with Crippen LogP contribution in [-0.4, -0.2) is 50.6 Å². The van der Waals surface area contributed by atoms with Crippen LogP contribution in [0.25, 0.3) is 0 Å². The number of rotatable bonds is 8. The number of aliphatic imine (C=N–C) groups is 1. The molecule has 2 N–H and O–H groups in total. The van der Waals surface area contributed by atoms with Crippen LogP contribution in [0.2, 0.25) is 0 Å². The van der Waals surface area contributed by atoms with Crippen molar-refractivity contribution in [3.05, 3.63) is 51.7 Å². The van der Waals surface area contributed by atoms with Gasteiger partial charge in [-0.1, -0.05) is 19.1 Å². The predicted octanol–water partition coefficient (Wildman–Crippen LogP) is 3.39. The zero-order valence-electron chi connectivity index (χ0n) is 18.1. The van der Waals surface area contributed by atoms with Gasteiger partial charge in [-0.3, -0.25) is 9.79 Å². The summed E-state index contributed by atoms with van der Waals surface area (Å²) in [5, 5.41) is 8.72. The van der Waals surface area contributed by atoms with Crippen molar-refractivity contribution >= 4 is 23.2 Å². The molecule has 0 saturated heterocycles. The van der Waals surface area contributed by atoms with Gasteiger partial charge in [0.15, 0.2) is 5.96 Å². The summed E-state index contributed by atoms with van der Waals surface area (Å²) >= 11 is 1.79. The van der Waals surface area contributed by atoms with E-state index in [4.69, 9.17) is 4.74 Å². The molecule has 0 spiro atoms. The molecule has 1 aromatic heterocycles. The smallest absolute Gasteiger partial charge is 0.224 e. The van der Waals surface area contributed by atoms with Gasteiger partial charge in [0.25, 0.3) is 0 Å². The van der Waals surface area contributed by atoms with Gasteiger partial charge in [0.2, 0.25) is 5.91 Å². The lowest BCUT2D eigenvalue weighted by atomic mass is 9.98. The highest BCUT2D eigenvalue weighted by molar-refractivity contribution is 7.10. The number of carbonyl (C=O) groups is 1. The number of thiophene rings is 1. The van der Waals surface area contributed by atoms with Crippen molar-refractivity contribution in [2.24, 2.45) is 4.99 Å². The van der Waals surface area contributed by atoms with Crippen molar-refractivity contribution in [1.29, 1.82) is 0 Å². The van der Waals surface area contributed by atoms with E-state index in [0.717, 1.165) is 44.2 Å². The molecule has 0 radical (unpaired) electrons. The van der Waals surface area contributed by atoms with Crippen LogP contribution in [0, 0.1) is 0 Å². The minimum atomic E-state index is 0.197. The number of guanidine groups is 1. The molecule has 0 aliphatic carbocycles. The van der Waals surface area contributed by atoms with Gasteiger partial charge in [-0.05, 0) is 53.5 Å². The molecule has 2 heterocycles. The molecular formula is C23H32N4O2S. The monoisotopic (exact) mass is 428 g/mol. The summed E-state index contributed by atoms with van der Waals surface area (Å²) in [6, 6.07) is 10.4. The van der Waals surface area contributed by atoms with Gasteiger partial charge in [0.1, 0.15) is 5.75 Å². The quantitative estimate of drug-likeness (QED) is 0.500. The SMILES string of the molecule is CN=C(NCCC(=O)N1CCc2sccc2C1)NCCC(C)c1ccc(OC)cc1. The van der Waals surface area contributed by atoms with Crippen molar-refractivity contribution in [2.45, 2.75) is 38.6 Å². The van der Waals surface area contributed by atoms with Crippen molar-refractivity contribution in [3.8, 4) is 5.75 Å². The van der Waals surface area contributed by atoms with Crippen LogP contribution < -0.4 is 15.4 Å². The number of benzene rings is 1. The van der Waals surface area contributed by atoms with Gasteiger partial charge in [-0.2, -0.15) is 0 Å². The zero-order valence-corrected chi connectivity index (χ0v) is 18.9. The van der Waals surface area contributed by atoms with Crippen molar-refractivity contribution in [1.82, 2.24) is 15.5 Å². The van der Waals surface area contributed by atoms with Gasteiger partial charge < -0.3 is 20.3 Å². The minimum Gasteiger partial charge on any atom is -0.497 e. The normalized spacial score (nSPS) is 14.8. The first kappa shape index (κ1) is 22.2. The van der Waals surface area contributed by atoms with Crippen LogP contribution in [0.1, 0.15) is 41.7 Å². The molecule has 162 valence electrons. The Balaban J connectivity index is 1.35. The van der Waals surface area contributed by atoms with E-state index < -0.39 is 0 Å². The topological polar surface area (TPSA) is 66.0 Å². The van der Waals surface area contributed by atoms with Gasteiger partial charge >= 0.3 is 0 Å². The predicted molar refractivity (Wildman–Crippen MR) is 123 cm³/mol. The fraction of sp³-hybridized carbons (Fsp3) is 0.478. The van der Waals surface area contributed by atoms with Crippen LogP contribution >= 0.6 is 11.3 Å². The van der Waals surface area contributed by atoms with Crippen molar-refractivity contribution in [2.75, 3.05) is 33.8 Å². The maximum absolute atomic E-state index is 12.5. The Morgan fingerprint density at radius 1 is 1.23 bits per heavy atom. The van der Waals surface area contributed by atoms with E-state index in [1.54, 1.807) is 25.5 Å². The van der Waals surface area contributed by atoms with E-state index in [9.17, 15) is 4.79 Å². The number of hydrogen-bond donors (Lipinski definition) is 2. The van der Waals surface area contributed by atoms with Crippen molar-refractivity contribution in [3.63, 3.8) is 0 Å². The van der Waals surface area contributed by atoms with E-state index in [0.29, 0.717) is 18.9 Å². The summed E-state index contributed by atoms with van der Waals surface area (Å²) in [6.45, 7) is 5.18. The standard InChI is InChI=1S/C23H32N4O2S/c1-17(18-4-6-20(29-3)7-5-18)8-12-25-23(24-2)26-13-9-22(28)27-14-10-21-19(16-27)11-15-30-21/h4-7,11,15,17H,8-10,12-14,16H2,1-3H3,(H2,24,25,26). The number of carbonyl (C=O) groups excluding carboxylic acids is 1. The summed E-state index contributed by atoms with van der Waals surface area (Å²) < 4.78 is 5.22. The minimum absolute atomic E-state index is 0.197.